The highest BCUT2D eigenvalue weighted by Crippen LogP contribution is 2.41. The van der Waals surface area contributed by atoms with Crippen molar-refractivity contribution >= 4 is 30.1 Å². The maximum atomic E-state index is 11.9. The third kappa shape index (κ3) is 4.70. The molecule has 0 radical (unpaired) electrons. The van der Waals surface area contributed by atoms with Crippen molar-refractivity contribution in [2.45, 2.75) is 52.5 Å². The topological polar surface area (TPSA) is 40.5 Å². The van der Waals surface area contributed by atoms with Crippen molar-refractivity contribution in [2.24, 2.45) is 5.41 Å². The van der Waals surface area contributed by atoms with Crippen molar-refractivity contribution in [1.82, 2.24) is 4.31 Å². The van der Waals surface area contributed by atoms with E-state index in [1.165, 1.54) is 10.4 Å². The average Bonchev–Trinajstić information content (AvgIpc) is 2.92. The number of fused-ring (bicyclic) bond motifs is 1. The van der Waals surface area contributed by atoms with E-state index in [1.807, 2.05) is 22.5 Å². The number of aryl methyl sites for hydroxylation is 2. The predicted octanol–water partition coefficient (Wildman–Crippen LogP) is 5.24. The molecule has 0 saturated heterocycles. The molecule has 0 aliphatic heterocycles. The van der Waals surface area contributed by atoms with Crippen molar-refractivity contribution in [1.29, 1.82) is 0 Å². The lowest BCUT2D eigenvalue weighted by atomic mass is 9.76. The summed E-state index contributed by atoms with van der Waals surface area (Å²) >= 11 is 6.29. The number of benzene rings is 1. The van der Waals surface area contributed by atoms with Gasteiger partial charge in [0, 0.05) is 22.8 Å². The van der Waals surface area contributed by atoms with Gasteiger partial charge in [-0.1, -0.05) is 57.0 Å². The summed E-state index contributed by atoms with van der Waals surface area (Å²) in [4.78, 5) is 14.2. The van der Waals surface area contributed by atoms with E-state index >= 15 is 0 Å². The zero-order valence-corrected chi connectivity index (χ0v) is 17.2. The summed E-state index contributed by atoms with van der Waals surface area (Å²) in [6, 6.07) is 10.3. The van der Waals surface area contributed by atoms with Crippen LogP contribution in [0.15, 0.2) is 30.3 Å². The fraction of sp³-hybridized carbons (Fsp3) is 0.476. The van der Waals surface area contributed by atoms with Crippen LogP contribution in [0, 0.1) is 5.41 Å². The van der Waals surface area contributed by atoms with Crippen molar-refractivity contribution in [3.63, 3.8) is 0 Å². The molecule has 1 aromatic carbocycles. The van der Waals surface area contributed by atoms with Crippen molar-refractivity contribution in [2.75, 3.05) is 6.54 Å². The lowest BCUT2D eigenvalue weighted by Gasteiger charge is -2.29. The second kappa shape index (κ2) is 8.15. The van der Waals surface area contributed by atoms with Gasteiger partial charge in [0.15, 0.2) is 0 Å². The van der Waals surface area contributed by atoms with E-state index in [-0.39, 0.29) is 5.41 Å². The molecule has 26 heavy (non-hydrogen) atoms. The molecule has 1 heterocycles. The number of hydrogen-bond donors (Lipinski definition) is 2. The van der Waals surface area contributed by atoms with Gasteiger partial charge in [0.2, 0.25) is 0 Å². The predicted molar refractivity (Wildman–Crippen MR) is 111 cm³/mol. The second-order valence-corrected chi connectivity index (χ2v) is 9.68. The van der Waals surface area contributed by atoms with E-state index in [1.54, 1.807) is 11.3 Å². The van der Waals surface area contributed by atoms with Crippen LogP contribution in [0.2, 0.25) is 0 Å². The van der Waals surface area contributed by atoms with Gasteiger partial charge in [0.05, 0.1) is 5.56 Å². The first-order chi connectivity index (χ1) is 12.4. The Morgan fingerprint density at radius 1 is 1.31 bits per heavy atom. The number of nitrogens with zero attached hydrogens (tertiary/aromatic N) is 1. The molecule has 1 N–H and O–H groups in total. The standard InChI is InChI=1S/C21H27NO2S2/c1-21(2)11-10-17-16(13-21)19(20(23)24)18(26-17)9-6-12-22(25)14-15-7-4-3-5-8-15/h3-5,7-8,25H,6,9-14H2,1-2H3,(H,23,24). The summed E-state index contributed by atoms with van der Waals surface area (Å²) in [6.07, 6.45) is 4.76. The van der Waals surface area contributed by atoms with Crippen LogP contribution in [0.3, 0.4) is 0 Å². The van der Waals surface area contributed by atoms with Crippen LogP contribution in [-0.2, 0) is 25.8 Å². The molecule has 3 rings (SSSR count). The molecule has 0 fully saturated rings. The fourth-order valence-corrected chi connectivity index (χ4v) is 5.36. The molecule has 0 amide bonds. The lowest BCUT2D eigenvalue weighted by molar-refractivity contribution is 0.0694. The Morgan fingerprint density at radius 2 is 2.04 bits per heavy atom. The molecular formula is C21H27NO2S2. The number of carboxylic acid groups (broad SMARTS) is 1. The molecule has 1 aliphatic carbocycles. The summed E-state index contributed by atoms with van der Waals surface area (Å²) in [5.41, 5.74) is 3.13. The summed E-state index contributed by atoms with van der Waals surface area (Å²) < 4.78 is 2.01. The van der Waals surface area contributed by atoms with Crippen molar-refractivity contribution in [3.8, 4) is 0 Å². The Bertz CT molecular complexity index is 768. The van der Waals surface area contributed by atoms with Gasteiger partial charge in [0.1, 0.15) is 0 Å². The number of carboxylic acids is 1. The first kappa shape index (κ1) is 19.5. The number of aromatic carboxylic acids is 1. The average molecular weight is 390 g/mol. The smallest absolute Gasteiger partial charge is 0.337 e. The lowest BCUT2D eigenvalue weighted by Crippen LogP contribution is -2.22. The monoisotopic (exact) mass is 389 g/mol. The second-order valence-electron chi connectivity index (χ2n) is 7.93. The Hall–Kier alpha value is -1.30. The van der Waals surface area contributed by atoms with Gasteiger partial charge in [-0.3, -0.25) is 0 Å². The quantitative estimate of drug-likeness (QED) is 0.636. The van der Waals surface area contributed by atoms with Crippen LogP contribution in [0.5, 0.6) is 0 Å². The molecule has 0 atom stereocenters. The molecule has 0 spiro atoms. The van der Waals surface area contributed by atoms with E-state index in [4.69, 9.17) is 0 Å². The minimum absolute atomic E-state index is 0.202. The zero-order chi connectivity index (χ0) is 18.7. The first-order valence-corrected chi connectivity index (χ1v) is 10.4. The minimum atomic E-state index is -0.762. The van der Waals surface area contributed by atoms with Crippen LogP contribution in [-0.4, -0.2) is 21.9 Å². The number of rotatable bonds is 7. The molecule has 1 aromatic heterocycles. The largest absolute Gasteiger partial charge is 0.478 e. The van der Waals surface area contributed by atoms with Crippen molar-refractivity contribution in [3.05, 3.63) is 56.8 Å². The van der Waals surface area contributed by atoms with Gasteiger partial charge < -0.3 is 5.11 Å². The molecule has 1 aliphatic rings. The van der Waals surface area contributed by atoms with Crippen LogP contribution in [0.4, 0.5) is 0 Å². The first-order valence-electron chi connectivity index (χ1n) is 9.20. The molecular weight excluding hydrogens is 362 g/mol. The van der Waals surface area contributed by atoms with Gasteiger partial charge in [-0.25, -0.2) is 9.10 Å². The highest BCUT2D eigenvalue weighted by atomic mass is 32.1. The number of thiol groups is 1. The highest BCUT2D eigenvalue weighted by Gasteiger charge is 2.32. The third-order valence-electron chi connectivity index (χ3n) is 5.09. The summed E-state index contributed by atoms with van der Waals surface area (Å²) in [6.45, 7) is 6.11. The molecule has 0 saturated carbocycles. The number of hydrogen-bond acceptors (Lipinski definition) is 4. The Balaban J connectivity index is 1.63. The van der Waals surface area contributed by atoms with Crippen LogP contribution >= 0.6 is 24.2 Å². The molecule has 0 unspecified atom stereocenters. The normalized spacial score (nSPS) is 15.8. The fourth-order valence-electron chi connectivity index (χ4n) is 3.70. The SMILES string of the molecule is CC1(C)CCc2sc(CCCN(S)Cc3ccccc3)c(C(=O)O)c2C1. The molecule has 140 valence electrons. The highest BCUT2D eigenvalue weighted by molar-refractivity contribution is 7.77. The van der Waals surface area contributed by atoms with Gasteiger partial charge in [0.25, 0.3) is 0 Å². The molecule has 5 heteroatoms. The van der Waals surface area contributed by atoms with Crippen LogP contribution < -0.4 is 0 Å². The van der Waals surface area contributed by atoms with Crippen molar-refractivity contribution < 1.29 is 9.90 Å². The van der Waals surface area contributed by atoms with E-state index in [2.05, 4.69) is 38.8 Å². The van der Waals surface area contributed by atoms with Crippen LogP contribution in [0.25, 0.3) is 0 Å². The maximum Gasteiger partial charge on any atom is 0.337 e. The van der Waals surface area contributed by atoms with E-state index in [0.29, 0.717) is 5.56 Å². The van der Waals surface area contributed by atoms with Gasteiger partial charge in [-0.05, 0) is 48.6 Å². The number of carbonyl (C=O) groups is 1. The van der Waals surface area contributed by atoms with Crippen LogP contribution in [0.1, 0.15) is 57.9 Å². The van der Waals surface area contributed by atoms with Gasteiger partial charge >= 0.3 is 5.97 Å². The molecule has 2 aromatic rings. The summed E-state index contributed by atoms with van der Waals surface area (Å²) in [5, 5.41) is 9.77. The molecule has 0 bridgehead atoms. The minimum Gasteiger partial charge on any atom is -0.478 e. The van der Waals surface area contributed by atoms with E-state index < -0.39 is 5.97 Å². The van der Waals surface area contributed by atoms with Gasteiger partial charge in [-0.15, -0.1) is 11.3 Å². The van der Waals surface area contributed by atoms with E-state index in [0.717, 1.165) is 55.6 Å². The summed E-state index contributed by atoms with van der Waals surface area (Å²) in [7, 11) is 0. The Kier molecular flexibility index (Phi) is 6.10. The zero-order valence-electron chi connectivity index (χ0n) is 15.5. The van der Waals surface area contributed by atoms with Gasteiger partial charge in [-0.2, -0.15) is 0 Å². The maximum absolute atomic E-state index is 11.9. The third-order valence-corrected chi connectivity index (χ3v) is 6.78. The summed E-state index contributed by atoms with van der Waals surface area (Å²) in [5.74, 6) is -0.762. The number of thiophene rings is 1. The van der Waals surface area contributed by atoms with E-state index in [9.17, 15) is 9.90 Å². The Morgan fingerprint density at radius 3 is 2.73 bits per heavy atom. The Labute approximate surface area is 165 Å². The molecule has 3 nitrogen and oxygen atoms in total.